The van der Waals surface area contributed by atoms with E-state index in [-0.39, 0.29) is 38.1 Å². The van der Waals surface area contributed by atoms with Gasteiger partial charge in [0, 0.05) is 6.42 Å². The largest absolute Gasteiger partial charge is 0.480 e. The van der Waals surface area contributed by atoms with Gasteiger partial charge in [0.05, 0.1) is 18.8 Å². The van der Waals surface area contributed by atoms with Gasteiger partial charge in [-0.25, -0.2) is 4.79 Å². The molecule has 0 fully saturated rings. The Morgan fingerprint density at radius 2 is 0.877 bits per heavy atom. The summed E-state index contributed by atoms with van der Waals surface area (Å²) in [5.74, 6) is -5.54. The van der Waals surface area contributed by atoms with E-state index in [9.17, 15) is 49.2 Å². The Bertz CT molecular complexity index is 1140. The van der Waals surface area contributed by atoms with Crippen molar-refractivity contribution >= 4 is 35.5 Å². The van der Waals surface area contributed by atoms with Crippen molar-refractivity contribution < 1.29 is 49.2 Å². The highest BCUT2D eigenvalue weighted by Gasteiger charge is 2.35. The number of aliphatic hydroxyl groups is 3. The van der Waals surface area contributed by atoms with Crippen LogP contribution >= 0.6 is 0 Å². The lowest BCUT2D eigenvalue weighted by Gasteiger charge is -2.29. The molecule has 0 spiro atoms. The van der Waals surface area contributed by atoms with Crippen LogP contribution in [0.4, 0.5) is 0 Å². The van der Waals surface area contributed by atoms with Crippen LogP contribution in [0.5, 0.6) is 0 Å². The molecule has 57 heavy (non-hydrogen) atoms. The van der Waals surface area contributed by atoms with Crippen LogP contribution in [0, 0.1) is 0 Å². The summed E-state index contributed by atoms with van der Waals surface area (Å²) in [7, 11) is 0. The zero-order valence-electron chi connectivity index (χ0n) is 34.9. The van der Waals surface area contributed by atoms with Crippen molar-refractivity contribution in [1.82, 2.24) is 26.6 Å². The first-order valence-electron chi connectivity index (χ1n) is 21.3. The molecule has 332 valence electrons. The highest BCUT2D eigenvalue weighted by Crippen LogP contribution is 2.14. The van der Waals surface area contributed by atoms with Crippen molar-refractivity contribution in [1.29, 1.82) is 0 Å². The van der Waals surface area contributed by atoms with Crippen LogP contribution in [0.3, 0.4) is 0 Å². The van der Waals surface area contributed by atoms with Gasteiger partial charge in [0.2, 0.25) is 29.5 Å². The Kier molecular flexibility index (Phi) is 31.6. The predicted octanol–water partition coefficient (Wildman–Crippen LogP) is 1.38. The van der Waals surface area contributed by atoms with E-state index in [1.54, 1.807) is 0 Å². The van der Waals surface area contributed by atoms with E-state index < -0.39 is 78.6 Å². The van der Waals surface area contributed by atoms with E-state index in [4.69, 9.17) is 11.5 Å². The maximum atomic E-state index is 13.4. The van der Waals surface area contributed by atoms with Crippen molar-refractivity contribution in [2.45, 2.75) is 198 Å². The number of nitrogens with one attached hydrogen (secondary N) is 5. The van der Waals surface area contributed by atoms with Gasteiger partial charge in [-0.05, 0) is 65.5 Å². The molecule has 7 atom stereocenters. The van der Waals surface area contributed by atoms with Crippen LogP contribution in [0.1, 0.15) is 156 Å². The van der Waals surface area contributed by atoms with Gasteiger partial charge >= 0.3 is 5.97 Å². The SMILES string of the molecule is CCCCCCCCCCCCCCCCCC(=O)N[C@@H](CCCCN)C(=O)N[C@H](C(=O)N[C@H](C(=O)N[C@@H](CCCN)C(=O)N[C@@H](CO)C(=O)O)[C@@H](C)O)[C@@H](C)O. The number of hydrogen-bond donors (Lipinski definition) is 11. The number of aliphatic hydroxyl groups excluding tert-OH is 3. The highest BCUT2D eigenvalue weighted by molar-refractivity contribution is 5.96. The molecule has 0 rings (SSSR count). The number of amides is 5. The van der Waals surface area contributed by atoms with Gasteiger partial charge in [-0.3, -0.25) is 24.0 Å². The van der Waals surface area contributed by atoms with Gasteiger partial charge in [0.15, 0.2) is 0 Å². The zero-order valence-corrected chi connectivity index (χ0v) is 34.9. The van der Waals surface area contributed by atoms with E-state index in [0.717, 1.165) is 19.3 Å². The normalized spacial score (nSPS) is 14.9. The molecule has 0 saturated heterocycles. The molecule has 0 aromatic rings. The van der Waals surface area contributed by atoms with Crippen molar-refractivity contribution in [3.05, 3.63) is 0 Å². The van der Waals surface area contributed by atoms with Gasteiger partial charge in [-0.1, -0.05) is 96.8 Å². The Balaban J connectivity index is 5.21. The van der Waals surface area contributed by atoms with E-state index in [1.807, 2.05) is 0 Å². The fraction of sp³-hybridized carbons (Fsp3) is 0.850. The minimum Gasteiger partial charge on any atom is -0.480 e. The Labute approximate surface area is 340 Å². The minimum atomic E-state index is -1.67. The zero-order chi connectivity index (χ0) is 43.0. The number of carboxylic acids is 1. The fourth-order valence-corrected chi connectivity index (χ4v) is 6.30. The van der Waals surface area contributed by atoms with Gasteiger partial charge in [-0.15, -0.1) is 0 Å². The van der Waals surface area contributed by atoms with Crippen LogP contribution in [-0.2, 0) is 28.8 Å². The number of hydrogen-bond acceptors (Lipinski definition) is 11. The smallest absolute Gasteiger partial charge is 0.328 e. The molecule has 13 N–H and O–H groups in total. The van der Waals surface area contributed by atoms with E-state index in [2.05, 4.69) is 33.5 Å². The molecule has 0 aliphatic carbocycles. The summed E-state index contributed by atoms with van der Waals surface area (Å²) in [5.41, 5.74) is 11.2. The summed E-state index contributed by atoms with van der Waals surface area (Å²) in [6, 6.07) is -7.29. The average molecular weight is 816 g/mol. The van der Waals surface area contributed by atoms with Crippen LogP contribution < -0.4 is 38.1 Å². The molecular weight excluding hydrogens is 738 g/mol. The summed E-state index contributed by atoms with van der Waals surface area (Å²) >= 11 is 0. The molecule has 0 heterocycles. The van der Waals surface area contributed by atoms with Crippen molar-refractivity contribution in [2.24, 2.45) is 11.5 Å². The van der Waals surface area contributed by atoms with Crippen molar-refractivity contribution in [2.75, 3.05) is 19.7 Å². The lowest BCUT2D eigenvalue weighted by molar-refractivity contribution is -0.143. The number of carbonyl (C=O) groups is 6. The Hall–Kier alpha value is -3.38. The summed E-state index contributed by atoms with van der Waals surface area (Å²) in [4.78, 5) is 77.1. The van der Waals surface area contributed by atoms with Gasteiger partial charge in [-0.2, -0.15) is 0 Å². The number of carbonyl (C=O) groups excluding carboxylic acids is 5. The predicted molar refractivity (Wildman–Crippen MR) is 218 cm³/mol. The van der Waals surface area contributed by atoms with E-state index in [1.165, 1.54) is 84.5 Å². The number of nitrogens with two attached hydrogens (primary N) is 2. The summed E-state index contributed by atoms with van der Waals surface area (Å²) < 4.78 is 0. The van der Waals surface area contributed by atoms with Crippen LogP contribution in [0.15, 0.2) is 0 Å². The third-order valence-electron chi connectivity index (χ3n) is 9.86. The summed E-state index contributed by atoms with van der Waals surface area (Å²) in [5, 5.41) is 51.4. The molecule has 0 saturated carbocycles. The molecule has 0 aliphatic heterocycles. The van der Waals surface area contributed by atoms with E-state index in [0.29, 0.717) is 25.8 Å². The van der Waals surface area contributed by atoms with Gasteiger partial charge < -0.3 is 58.5 Å². The molecule has 0 bridgehead atoms. The van der Waals surface area contributed by atoms with E-state index >= 15 is 0 Å². The topological polar surface area (TPSA) is 296 Å². The molecule has 0 aromatic heterocycles. The Morgan fingerprint density at radius 3 is 1.32 bits per heavy atom. The molecule has 0 aromatic carbocycles. The number of unbranched alkanes of at least 4 members (excludes halogenated alkanes) is 15. The lowest BCUT2D eigenvalue weighted by atomic mass is 10.0. The third kappa shape index (κ3) is 25.6. The number of carboxylic acid groups (broad SMARTS) is 1. The van der Waals surface area contributed by atoms with Crippen molar-refractivity contribution in [3.63, 3.8) is 0 Å². The molecule has 0 aliphatic rings. The maximum Gasteiger partial charge on any atom is 0.328 e. The third-order valence-corrected chi connectivity index (χ3v) is 9.86. The molecule has 0 unspecified atom stereocenters. The van der Waals surface area contributed by atoms with Crippen LogP contribution in [0.25, 0.3) is 0 Å². The van der Waals surface area contributed by atoms with Gasteiger partial charge in [0.1, 0.15) is 30.2 Å². The molecule has 5 amide bonds. The van der Waals surface area contributed by atoms with Crippen LogP contribution in [-0.4, -0.2) is 118 Å². The second kappa shape index (κ2) is 33.6. The first-order chi connectivity index (χ1) is 27.2. The second-order valence-corrected chi connectivity index (χ2v) is 15.1. The monoisotopic (exact) mass is 816 g/mol. The average Bonchev–Trinajstić information content (AvgIpc) is 3.16. The number of rotatable bonds is 36. The number of aliphatic carboxylic acids is 1. The Morgan fingerprint density at radius 1 is 0.491 bits per heavy atom. The second-order valence-electron chi connectivity index (χ2n) is 15.1. The highest BCUT2D eigenvalue weighted by atomic mass is 16.4. The standard InChI is InChI=1S/C40H77N7O10/c1-4-5-6-7-8-9-10-11-12-13-14-15-16-17-18-24-33(51)43-30(22-19-20-25-41)37(53)46-35(29(3)50)39(55)47-34(28(2)49)38(54)44-31(23-21-26-42)36(52)45-32(27-48)40(56)57/h28-32,34-35,48-50H,4-27,41-42H2,1-3H3,(H,43,51)(H,44,54)(H,45,52)(H,46,53)(H,47,55)(H,56,57)/t28-,29-,30+,31+,32+,34+,35+/m1/s1. The fourth-order valence-electron chi connectivity index (χ4n) is 6.30. The molecule has 17 heteroatoms. The molecular formula is C40H77N7O10. The van der Waals surface area contributed by atoms with Crippen LogP contribution in [0.2, 0.25) is 0 Å². The van der Waals surface area contributed by atoms with Crippen molar-refractivity contribution in [3.8, 4) is 0 Å². The first kappa shape index (κ1) is 53.6. The summed E-state index contributed by atoms with van der Waals surface area (Å²) in [6.07, 6.45) is 16.7. The van der Waals surface area contributed by atoms with Gasteiger partial charge in [0.25, 0.3) is 0 Å². The molecule has 17 nitrogen and oxygen atoms in total. The first-order valence-corrected chi connectivity index (χ1v) is 21.3. The molecule has 0 radical (unpaired) electrons. The lowest BCUT2D eigenvalue weighted by Crippen LogP contribution is -2.62. The maximum absolute atomic E-state index is 13.4. The minimum absolute atomic E-state index is 0.0324. The summed E-state index contributed by atoms with van der Waals surface area (Å²) in [6.45, 7) is 4.27. The quantitative estimate of drug-likeness (QED) is 0.0400.